The SMILES string of the molecule is CCCOC(=O)C(=O)Nc1cc(N2CCOCC2)nc(NC(=O)C(=O)OCCC)n1. The van der Waals surface area contributed by atoms with Crippen LogP contribution in [0, 0.1) is 0 Å². The second-order valence-electron chi connectivity index (χ2n) is 6.21. The average Bonchev–Trinajstić information content (AvgIpc) is 2.76. The number of nitrogens with zero attached hydrogens (tertiary/aromatic N) is 3. The van der Waals surface area contributed by atoms with Gasteiger partial charge in [0.05, 0.1) is 26.4 Å². The molecule has 0 unspecified atom stereocenters. The van der Waals surface area contributed by atoms with E-state index in [9.17, 15) is 19.2 Å². The van der Waals surface area contributed by atoms with Gasteiger partial charge in [0.2, 0.25) is 5.95 Å². The topological polar surface area (TPSA) is 149 Å². The summed E-state index contributed by atoms with van der Waals surface area (Å²) in [6.07, 6.45) is 1.13. The van der Waals surface area contributed by atoms with Crippen LogP contribution < -0.4 is 15.5 Å². The molecule has 1 aliphatic rings. The van der Waals surface area contributed by atoms with Gasteiger partial charge in [-0.1, -0.05) is 13.8 Å². The van der Waals surface area contributed by atoms with E-state index in [-0.39, 0.29) is 25.0 Å². The van der Waals surface area contributed by atoms with Crippen LogP contribution in [0.2, 0.25) is 0 Å². The third-order valence-corrected chi connectivity index (χ3v) is 3.76. The maximum atomic E-state index is 12.0. The lowest BCUT2D eigenvalue weighted by Gasteiger charge is -2.28. The van der Waals surface area contributed by atoms with Crippen molar-refractivity contribution in [2.75, 3.05) is 55.1 Å². The Kier molecular flexibility index (Phi) is 8.94. The number of carbonyl (C=O) groups is 4. The van der Waals surface area contributed by atoms with Gasteiger partial charge in [0.25, 0.3) is 0 Å². The lowest BCUT2D eigenvalue weighted by molar-refractivity contribution is -0.152. The minimum absolute atomic E-state index is 0.0397. The summed E-state index contributed by atoms with van der Waals surface area (Å²) in [4.78, 5) is 57.5. The predicted molar refractivity (Wildman–Crippen MR) is 105 cm³/mol. The third kappa shape index (κ3) is 6.95. The van der Waals surface area contributed by atoms with Gasteiger partial charge in [0.15, 0.2) is 0 Å². The highest BCUT2D eigenvalue weighted by Gasteiger charge is 2.22. The highest BCUT2D eigenvalue weighted by Crippen LogP contribution is 2.19. The number of ether oxygens (including phenoxy) is 3. The van der Waals surface area contributed by atoms with E-state index >= 15 is 0 Å². The molecule has 1 aromatic rings. The number of esters is 2. The van der Waals surface area contributed by atoms with E-state index < -0.39 is 23.8 Å². The Morgan fingerprint density at radius 1 is 0.967 bits per heavy atom. The van der Waals surface area contributed by atoms with Crippen molar-refractivity contribution in [3.63, 3.8) is 0 Å². The quantitative estimate of drug-likeness (QED) is 0.456. The third-order valence-electron chi connectivity index (χ3n) is 3.76. The smallest absolute Gasteiger partial charge is 0.397 e. The zero-order valence-corrected chi connectivity index (χ0v) is 16.9. The van der Waals surface area contributed by atoms with E-state index in [1.807, 2.05) is 4.90 Å². The lowest BCUT2D eigenvalue weighted by Crippen LogP contribution is -2.37. The van der Waals surface area contributed by atoms with Crippen LogP contribution >= 0.6 is 0 Å². The molecule has 164 valence electrons. The summed E-state index contributed by atoms with van der Waals surface area (Å²) in [6.45, 7) is 5.79. The number of amides is 2. The number of anilines is 3. The van der Waals surface area contributed by atoms with Crippen LogP contribution in [-0.2, 0) is 33.4 Å². The van der Waals surface area contributed by atoms with Crippen molar-refractivity contribution < 1.29 is 33.4 Å². The fraction of sp³-hybridized carbons (Fsp3) is 0.556. The molecule has 0 aliphatic carbocycles. The highest BCUT2D eigenvalue weighted by atomic mass is 16.5. The molecule has 2 N–H and O–H groups in total. The molecular formula is C18H25N5O7. The van der Waals surface area contributed by atoms with Crippen LogP contribution in [0.3, 0.4) is 0 Å². The van der Waals surface area contributed by atoms with Crippen LogP contribution in [0.25, 0.3) is 0 Å². The lowest BCUT2D eigenvalue weighted by atomic mass is 10.4. The molecule has 1 saturated heterocycles. The maximum Gasteiger partial charge on any atom is 0.397 e. The zero-order chi connectivity index (χ0) is 21.9. The molecule has 0 spiro atoms. The van der Waals surface area contributed by atoms with Gasteiger partial charge in [-0.15, -0.1) is 0 Å². The maximum absolute atomic E-state index is 12.0. The van der Waals surface area contributed by atoms with Gasteiger partial charge in [-0.3, -0.25) is 14.9 Å². The van der Waals surface area contributed by atoms with Gasteiger partial charge in [-0.25, -0.2) is 9.59 Å². The first-order valence-electron chi connectivity index (χ1n) is 9.62. The first-order valence-corrected chi connectivity index (χ1v) is 9.62. The Bertz CT molecular complexity index is 728. The van der Waals surface area contributed by atoms with Crippen LogP contribution in [-0.4, -0.2) is 73.2 Å². The Balaban J connectivity index is 2.19. The molecule has 2 amide bonds. The minimum atomic E-state index is -1.08. The number of carbonyl (C=O) groups excluding carboxylic acids is 4. The van der Waals surface area contributed by atoms with Crippen molar-refractivity contribution in [1.29, 1.82) is 0 Å². The van der Waals surface area contributed by atoms with Crippen molar-refractivity contribution in [1.82, 2.24) is 9.97 Å². The molecule has 1 aromatic heterocycles. The Morgan fingerprint density at radius 2 is 1.53 bits per heavy atom. The van der Waals surface area contributed by atoms with Gasteiger partial charge >= 0.3 is 23.8 Å². The van der Waals surface area contributed by atoms with Crippen LogP contribution in [0.15, 0.2) is 6.07 Å². The molecule has 30 heavy (non-hydrogen) atoms. The molecule has 0 radical (unpaired) electrons. The van der Waals surface area contributed by atoms with Gasteiger partial charge in [-0.05, 0) is 12.8 Å². The first-order chi connectivity index (χ1) is 14.4. The molecule has 0 saturated carbocycles. The van der Waals surface area contributed by atoms with Crippen molar-refractivity contribution in [2.24, 2.45) is 0 Å². The predicted octanol–water partition coefficient (Wildman–Crippen LogP) is 0.0966. The second-order valence-corrected chi connectivity index (χ2v) is 6.21. The summed E-state index contributed by atoms with van der Waals surface area (Å²) >= 11 is 0. The van der Waals surface area contributed by atoms with Crippen molar-refractivity contribution in [3.8, 4) is 0 Å². The van der Waals surface area contributed by atoms with E-state index in [4.69, 9.17) is 14.2 Å². The van der Waals surface area contributed by atoms with Gasteiger partial charge < -0.3 is 24.4 Å². The number of hydrogen-bond donors (Lipinski definition) is 2. The van der Waals surface area contributed by atoms with Crippen LogP contribution in [0.5, 0.6) is 0 Å². The molecule has 1 aliphatic heterocycles. The van der Waals surface area contributed by atoms with Gasteiger partial charge in [0, 0.05) is 19.2 Å². The Labute approximate surface area is 173 Å². The summed E-state index contributed by atoms with van der Waals surface area (Å²) in [5.41, 5.74) is 0. The van der Waals surface area contributed by atoms with Crippen molar-refractivity contribution >= 4 is 41.3 Å². The molecule has 0 atom stereocenters. The monoisotopic (exact) mass is 423 g/mol. The van der Waals surface area contributed by atoms with Crippen LogP contribution in [0.1, 0.15) is 26.7 Å². The summed E-state index contributed by atoms with van der Waals surface area (Å²) in [6, 6.07) is 1.45. The van der Waals surface area contributed by atoms with E-state index in [0.29, 0.717) is 45.0 Å². The Hall–Kier alpha value is -3.28. The summed E-state index contributed by atoms with van der Waals surface area (Å²) in [5, 5.41) is 4.56. The highest BCUT2D eigenvalue weighted by molar-refractivity contribution is 6.37. The summed E-state index contributed by atoms with van der Waals surface area (Å²) < 4.78 is 14.9. The summed E-state index contributed by atoms with van der Waals surface area (Å²) in [5.74, 6) is -4.10. The van der Waals surface area contributed by atoms with E-state index in [1.165, 1.54) is 6.07 Å². The molecule has 12 nitrogen and oxygen atoms in total. The van der Waals surface area contributed by atoms with E-state index in [0.717, 1.165) is 0 Å². The largest absolute Gasteiger partial charge is 0.459 e. The molecule has 2 rings (SSSR count). The van der Waals surface area contributed by atoms with Gasteiger partial charge in [-0.2, -0.15) is 9.97 Å². The van der Waals surface area contributed by atoms with Crippen LogP contribution in [0.4, 0.5) is 17.6 Å². The molecule has 0 bridgehead atoms. The average molecular weight is 423 g/mol. The minimum Gasteiger partial charge on any atom is -0.459 e. The molecule has 12 heteroatoms. The fourth-order valence-electron chi connectivity index (χ4n) is 2.35. The first kappa shape index (κ1) is 23.0. The fourth-order valence-corrected chi connectivity index (χ4v) is 2.35. The van der Waals surface area contributed by atoms with E-state index in [1.54, 1.807) is 13.8 Å². The van der Waals surface area contributed by atoms with Crippen molar-refractivity contribution in [2.45, 2.75) is 26.7 Å². The summed E-state index contributed by atoms with van der Waals surface area (Å²) in [7, 11) is 0. The molecule has 1 fully saturated rings. The molecule has 0 aromatic carbocycles. The number of hydrogen-bond acceptors (Lipinski definition) is 10. The van der Waals surface area contributed by atoms with Crippen molar-refractivity contribution in [3.05, 3.63) is 6.07 Å². The number of rotatable bonds is 7. The second kappa shape index (κ2) is 11.7. The number of aromatic nitrogens is 2. The molecule has 2 heterocycles. The number of morpholine rings is 1. The molecular weight excluding hydrogens is 398 g/mol. The standard InChI is InChI=1S/C18H25N5O7/c1-3-7-29-16(26)14(24)19-12-11-13(23-5-9-28-10-6-23)21-18(20-12)22-15(25)17(27)30-8-4-2/h11H,3-10H2,1-2H3,(H2,19,20,21,22,24,25). The number of nitrogens with one attached hydrogen (secondary N) is 2. The van der Waals surface area contributed by atoms with Gasteiger partial charge in [0.1, 0.15) is 11.6 Å². The zero-order valence-electron chi connectivity index (χ0n) is 16.9. The van der Waals surface area contributed by atoms with E-state index in [2.05, 4.69) is 20.6 Å². The Morgan fingerprint density at radius 3 is 2.10 bits per heavy atom. The normalized spacial score (nSPS) is 13.3.